The number of rotatable bonds is 6. The second-order valence-corrected chi connectivity index (χ2v) is 11.7. The van der Waals surface area contributed by atoms with Crippen LogP contribution in [0.5, 0.6) is 0 Å². The van der Waals surface area contributed by atoms with Crippen LogP contribution >= 0.6 is 7.26 Å². The van der Waals surface area contributed by atoms with E-state index >= 15 is 0 Å². The third kappa shape index (κ3) is 3.49. The van der Waals surface area contributed by atoms with E-state index in [0.717, 1.165) is 5.92 Å². The van der Waals surface area contributed by atoms with Gasteiger partial charge < -0.3 is 0 Å². The summed E-state index contributed by atoms with van der Waals surface area (Å²) >= 11 is 0. The van der Waals surface area contributed by atoms with E-state index in [4.69, 9.17) is 0 Å². The molecule has 0 amide bonds. The van der Waals surface area contributed by atoms with Gasteiger partial charge >= 0.3 is 158 Å². The van der Waals surface area contributed by atoms with Crippen LogP contribution in [0.4, 0.5) is 0 Å². The summed E-state index contributed by atoms with van der Waals surface area (Å²) in [6.45, 7) is 0. The van der Waals surface area contributed by atoms with Gasteiger partial charge in [-0.3, -0.25) is 0 Å². The van der Waals surface area contributed by atoms with Gasteiger partial charge in [0.25, 0.3) is 0 Å². The van der Waals surface area contributed by atoms with Gasteiger partial charge in [0, 0.05) is 0 Å². The SMILES string of the molecule is c1ccc([PH](CCC2CCCC2)(c2ccccc2)c2ccccc2)cc1. The molecule has 0 spiro atoms. The van der Waals surface area contributed by atoms with Crippen molar-refractivity contribution in [1.82, 2.24) is 0 Å². The second kappa shape index (κ2) is 8.19. The Morgan fingerprint density at radius 3 is 1.35 bits per heavy atom. The molecule has 3 aromatic carbocycles. The summed E-state index contributed by atoms with van der Waals surface area (Å²) in [5.41, 5.74) is 0. The molecule has 3 aromatic rings. The number of benzene rings is 3. The molecule has 0 N–H and O–H groups in total. The average Bonchev–Trinajstić information content (AvgIpc) is 3.25. The minimum atomic E-state index is -1.99. The van der Waals surface area contributed by atoms with Crippen LogP contribution in [-0.2, 0) is 0 Å². The molecule has 1 aliphatic rings. The molecule has 0 aliphatic heterocycles. The molecule has 0 unspecified atom stereocenters. The van der Waals surface area contributed by atoms with E-state index in [9.17, 15) is 0 Å². The molecule has 1 heteroatoms. The summed E-state index contributed by atoms with van der Waals surface area (Å²) < 4.78 is 0. The zero-order chi connectivity index (χ0) is 17.7. The molecule has 1 saturated carbocycles. The topological polar surface area (TPSA) is 0 Å². The van der Waals surface area contributed by atoms with Crippen LogP contribution in [0, 0.1) is 5.92 Å². The molecule has 0 heterocycles. The molecular weight excluding hydrogens is 331 g/mol. The third-order valence-corrected chi connectivity index (χ3v) is 11.2. The van der Waals surface area contributed by atoms with Gasteiger partial charge in [-0.2, -0.15) is 0 Å². The Balaban J connectivity index is 1.84. The van der Waals surface area contributed by atoms with Crippen LogP contribution in [0.3, 0.4) is 0 Å². The first-order valence-electron chi connectivity index (χ1n) is 10.1. The van der Waals surface area contributed by atoms with Crippen molar-refractivity contribution in [2.24, 2.45) is 5.92 Å². The molecule has 0 atom stereocenters. The fourth-order valence-corrected chi connectivity index (χ4v) is 9.81. The van der Waals surface area contributed by atoms with Crippen molar-refractivity contribution < 1.29 is 0 Å². The summed E-state index contributed by atoms with van der Waals surface area (Å²) in [6, 6.07) is 34.0. The molecule has 4 rings (SSSR count). The van der Waals surface area contributed by atoms with E-state index in [1.54, 1.807) is 15.9 Å². The first-order valence-corrected chi connectivity index (χ1v) is 12.3. The number of hydrogen-bond donors (Lipinski definition) is 0. The molecule has 0 radical (unpaired) electrons. The molecule has 26 heavy (non-hydrogen) atoms. The first-order chi connectivity index (χ1) is 12.9. The van der Waals surface area contributed by atoms with Crippen molar-refractivity contribution in [1.29, 1.82) is 0 Å². The van der Waals surface area contributed by atoms with Crippen molar-refractivity contribution in [2.75, 3.05) is 6.16 Å². The van der Waals surface area contributed by atoms with Crippen molar-refractivity contribution in [3.63, 3.8) is 0 Å². The zero-order valence-electron chi connectivity index (χ0n) is 15.5. The van der Waals surface area contributed by atoms with Gasteiger partial charge in [0.05, 0.1) is 0 Å². The Morgan fingerprint density at radius 1 is 0.577 bits per heavy atom. The molecule has 0 bridgehead atoms. The van der Waals surface area contributed by atoms with E-state index in [0.29, 0.717) is 0 Å². The Hall–Kier alpha value is -1.91. The van der Waals surface area contributed by atoms with E-state index in [2.05, 4.69) is 91.0 Å². The molecule has 0 saturated heterocycles. The standard InChI is InChI=1S/C25H29P/c1-4-14-23(15-5-1)26(24-16-6-2-7-17-24,25-18-8-3-9-19-25)21-20-22-12-10-11-13-22/h1-9,14-19,22,26H,10-13,20-21H2. The van der Waals surface area contributed by atoms with Gasteiger partial charge in [-0.15, -0.1) is 0 Å². The fourth-order valence-electron chi connectivity index (χ4n) is 4.82. The average molecular weight is 360 g/mol. The van der Waals surface area contributed by atoms with Crippen molar-refractivity contribution in [2.45, 2.75) is 32.1 Å². The van der Waals surface area contributed by atoms with Gasteiger partial charge in [-0.1, -0.05) is 0 Å². The fraction of sp³-hybridized carbons (Fsp3) is 0.280. The van der Waals surface area contributed by atoms with E-state index in [1.165, 1.54) is 38.3 Å². The summed E-state index contributed by atoms with van der Waals surface area (Å²) in [5, 5.41) is 4.65. The predicted molar refractivity (Wildman–Crippen MR) is 118 cm³/mol. The van der Waals surface area contributed by atoms with Crippen molar-refractivity contribution in [3.05, 3.63) is 91.0 Å². The van der Waals surface area contributed by atoms with Crippen LogP contribution < -0.4 is 15.9 Å². The van der Waals surface area contributed by atoms with Gasteiger partial charge in [0.15, 0.2) is 0 Å². The quantitative estimate of drug-likeness (QED) is 0.524. The van der Waals surface area contributed by atoms with E-state index in [-0.39, 0.29) is 0 Å². The van der Waals surface area contributed by atoms with E-state index < -0.39 is 7.26 Å². The zero-order valence-corrected chi connectivity index (χ0v) is 16.5. The monoisotopic (exact) mass is 360 g/mol. The molecular formula is C25H29P. The Bertz CT molecular complexity index is 693. The van der Waals surface area contributed by atoms with Crippen LogP contribution in [0.15, 0.2) is 91.0 Å². The van der Waals surface area contributed by atoms with Crippen molar-refractivity contribution >= 4 is 23.2 Å². The second-order valence-electron chi connectivity index (χ2n) is 7.69. The molecule has 0 aromatic heterocycles. The van der Waals surface area contributed by atoms with Gasteiger partial charge in [0.2, 0.25) is 0 Å². The van der Waals surface area contributed by atoms with Crippen LogP contribution in [-0.4, -0.2) is 6.16 Å². The van der Waals surface area contributed by atoms with Gasteiger partial charge in [-0.05, 0) is 0 Å². The Labute approximate surface area is 158 Å². The third-order valence-electron chi connectivity index (χ3n) is 6.20. The minimum absolute atomic E-state index is 0.929. The molecule has 1 fully saturated rings. The summed E-state index contributed by atoms with van der Waals surface area (Å²) in [6.07, 6.45) is 8.41. The predicted octanol–water partition coefficient (Wildman–Crippen LogP) is 5.29. The maximum absolute atomic E-state index is 2.38. The van der Waals surface area contributed by atoms with Crippen LogP contribution in [0.1, 0.15) is 32.1 Å². The summed E-state index contributed by atoms with van der Waals surface area (Å²) in [5.74, 6) is 0.929. The first kappa shape index (κ1) is 17.5. The van der Waals surface area contributed by atoms with Crippen molar-refractivity contribution in [3.8, 4) is 0 Å². The van der Waals surface area contributed by atoms with Crippen LogP contribution in [0.25, 0.3) is 0 Å². The number of hydrogen-bond acceptors (Lipinski definition) is 0. The summed E-state index contributed by atoms with van der Waals surface area (Å²) in [7, 11) is -1.99. The molecule has 134 valence electrons. The molecule has 0 nitrogen and oxygen atoms in total. The molecule has 1 aliphatic carbocycles. The Morgan fingerprint density at radius 2 is 0.962 bits per heavy atom. The maximum atomic E-state index is 2.38. The van der Waals surface area contributed by atoms with E-state index in [1.807, 2.05) is 0 Å². The summed E-state index contributed by atoms with van der Waals surface area (Å²) in [4.78, 5) is 0. The normalized spacial score (nSPS) is 15.8. The van der Waals surface area contributed by atoms with Gasteiger partial charge in [-0.25, -0.2) is 0 Å². The van der Waals surface area contributed by atoms with Crippen LogP contribution in [0.2, 0.25) is 0 Å². The van der Waals surface area contributed by atoms with Gasteiger partial charge in [0.1, 0.15) is 0 Å². The Kier molecular flexibility index (Phi) is 5.51.